The van der Waals surface area contributed by atoms with Crippen LogP contribution >= 0.6 is 0 Å². The molecule has 3 aromatic rings. The van der Waals surface area contributed by atoms with Crippen molar-refractivity contribution in [1.29, 1.82) is 0 Å². The summed E-state index contributed by atoms with van der Waals surface area (Å²) >= 11 is 1.67. The third-order valence-corrected chi connectivity index (χ3v) is 7.88. The zero-order valence-corrected chi connectivity index (χ0v) is 20.4. The molecule has 0 amide bonds. The summed E-state index contributed by atoms with van der Waals surface area (Å²) in [5, 5.41) is 4.22. The van der Waals surface area contributed by atoms with E-state index in [9.17, 15) is 0 Å². The number of hydrogen-bond donors (Lipinski definition) is 0. The van der Waals surface area contributed by atoms with Crippen LogP contribution in [0.4, 0.5) is 0 Å². The van der Waals surface area contributed by atoms with Gasteiger partial charge >= 0.3 is 65.0 Å². The number of hydrogen-bond acceptors (Lipinski definition) is 0. The van der Waals surface area contributed by atoms with Gasteiger partial charge in [-0.05, 0) is 11.0 Å². The van der Waals surface area contributed by atoms with E-state index in [1.165, 1.54) is 27.1 Å². The summed E-state index contributed by atoms with van der Waals surface area (Å²) in [7, 11) is 0. The first kappa shape index (κ1) is 21.9. The number of fused-ring (bicyclic) bond motifs is 1. The molecule has 3 aromatic carbocycles. The number of allylic oxidation sites excluding steroid dienone is 4. The normalized spacial score (nSPS) is 15.6. The fourth-order valence-electron chi connectivity index (χ4n) is 3.14. The second-order valence-corrected chi connectivity index (χ2v) is 10.8. The molecule has 4 rings (SSSR count). The van der Waals surface area contributed by atoms with E-state index in [4.69, 9.17) is 0 Å². The van der Waals surface area contributed by atoms with Crippen molar-refractivity contribution in [3.8, 4) is 0 Å². The first-order valence-electron chi connectivity index (χ1n) is 9.09. The van der Waals surface area contributed by atoms with Crippen LogP contribution in [0.15, 0.2) is 90.5 Å². The molecule has 1 aliphatic rings. The summed E-state index contributed by atoms with van der Waals surface area (Å²) in [5.41, 5.74) is 3.10. The standard InChI is InChI=1S/C18H19.C6H6Si.CH3.Zr/c1-18(2,3)17-9-8-15(12-17)16-10-13-6-4-5-7-14(13)11-16;7-6-4-2-1-3-5-6;;/h4-12,15H,1-3H3;1-5,7H;1H3;/q-1;;-1;+2. The van der Waals surface area contributed by atoms with Gasteiger partial charge in [0.2, 0.25) is 0 Å². The molecule has 2 heteroatoms. The van der Waals surface area contributed by atoms with Gasteiger partial charge in [-0.1, -0.05) is 45.1 Å². The van der Waals surface area contributed by atoms with Crippen LogP contribution in [0.3, 0.4) is 0 Å². The van der Waals surface area contributed by atoms with E-state index < -0.39 is 0 Å². The van der Waals surface area contributed by atoms with E-state index in [1.807, 2.05) is 0 Å². The van der Waals surface area contributed by atoms with Crippen molar-refractivity contribution in [1.82, 2.24) is 0 Å². The Labute approximate surface area is 180 Å². The fraction of sp³-hybridized carbons (Fsp3) is 0.200. The van der Waals surface area contributed by atoms with Crippen LogP contribution < -0.4 is 5.19 Å². The van der Waals surface area contributed by atoms with E-state index in [2.05, 4.69) is 106 Å². The van der Waals surface area contributed by atoms with Gasteiger partial charge < -0.3 is 7.43 Å². The molecule has 0 nitrogen and oxygen atoms in total. The molecule has 0 radical (unpaired) electrons. The van der Waals surface area contributed by atoms with E-state index >= 15 is 0 Å². The Bertz CT molecular complexity index is 906. The van der Waals surface area contributed by atoms with Crippen LogP contribution in [-0.2, 0) is 23.3 Å². The van der Waals surface area contributed by atoms with Crippen LogP contribution in [0.1, 0.15) is 32.3 Å². The Balaban J connectivity index is 0.000000247. The summed E-state index contributed by atoms with van der Waals surface area (Å²) in [5.74, 6) is 0.451. The van der Waals surface area contributed by atoms with Gasteiger partial charge in [-0.25, -0.2) is 0 Å². The Morgan fingerprint density at radius 2 is 1.63 bits per heavy atom. The molecule has 1 unspecified atom stereocenters. The molecule has 27 heavy (non-hydrogen) atoms. The third-order valence-electron chi connectivity index (χ3n) is 4.70. The monoisotopic (exact) mass is 446 g/mol. The molecule has 136 valence electrons. The van der Waals surface area contributed by atoms with Crippen molar-refractivity contribution in [2.24, 2.45) is 5.41 Å². The van der Waals surface area contributed by atoms with Crippen LogP contribution in [-0.4, -0.2) is 6.16 Å². The second kappa shape index (κ2) is 9.71. The molecule has 0 aromatic heterocycles. The number of benzene rings is 2. The molecule has 0 saturated carbocycles. The summed E-state index contributed by atoms with van der Waals surface area (Å²) < 4.78 is 0. The van der Waals surface area contributed by atoms with Crippen LogP contribution in [0.2, 0.25) is 0 Å². The molecule has 0 saturated heterocycles. The van der Waals surface area contributed by atoms with Crippen LogP contribution in [0.25, 0.3) is 10.8 Å². The molecular weight excluding hydrogens is 420 g/mol. The Morgan fingerprint density at radius 3 is 2.19 bits per heavy atom. The van der Waals surface area contributed by atoms with Gasteiger partial charge in [-0.3, -0.25) is 0 Å². The van der Waals surface area contributed by atoms with E-state index in [1.54, 1.807) is 23.3 Å². The fourth-order valence-corrected chi connectivity index (χ4v) is 4.97. The van der Waals surface area contributed by atoms with Crippen molar-refractivity contribution >= 4 is 22.1 Å². The topological polar surface area (TPSA) is 0 Å². The minimum absolute atomic E-state index is 0. The molecular formula is C25H28SiZr. The molecule has 0 aliphatic heterocycles. The molecule has 0 fully saturated rings. The van der Waals surface area contributed by atoms with Gasteiger partial charge in [-0.15, -0.1) is 40.6 Å². The summed E-state index contributed by atoms with van der Waals surface area (Å²) in [6.45, 7) is 6.81. The molecule has 0 N–H and O–H groups in total. The molecule has 1 atom stereocenters. The zero-order chi connectivity index (χ0) is 18.6. The minimum atomic E-state index is 0. The van der Waals surface area contributed by atoms with Gasteiger partial charge in [0, 0.05) is 5.92 Å². The molecule has 0 spiro atoms. The Hall–Kier alpha value is -1.37. The Morgan fingerprint density at radius 1 is 0.963 bits per heavy atom. The average Bonchev–Trinajstić information content (AvgIpc) is 3.29. The van der Waals surface area contributed by atoms with Crippen molar-refractivity contribution in [2.75, 3.05) is 0 Å². The summed E-state index contributed by atoms with van der Waals surface area (Å²) in [4.78, 5) is 0. The van der Waals surface area contributed by atoms with Gasteiger partial charge in [0.25, 0.3) is 0 Å². The van der Waals surface area contributed by atoms with E-state index in [0.717, 1.165) is 0 Å². The van der Waals surface area contributed by atoms with Crippen molar-refractivity contribution in [3.05, 3.63) is 104 Å². The molecule has 0 heterocycles. The summed E-state index contributed by atoms with van der Waals surface area (Å²) in [6.07, 6.45) is 7.59. The predicted octanol–water partition coefficient (Wildman–Crippen LogP) is 5.85. The quantitative estimate of drug-likeness (QED) is 0.342. The predicted molar refractivity (Wildman–Crippen MR) is 119 cm³/mol. The first-order valence-corrected chi connectivity index (χ1v) is 14.5. The first-order chi connectivity index (χ1) is 12.5. The van der Waals surface area contributed by atoms with Crippen molar-refractivity contribution < 1.29 is 23.3 Å². The van der Waals surface area contributed by atoms with Gasteiger partial charge in [0.05, 0.1) is 0 Å². The second-order valence-electron chi connectivity index (χ2n) is 7.73. The summed E-state index contributed by atoms with van der Waals surface area (Å²) in [6, 6.07) is 23.9. The SMILES string of the molecule is CC(C)(C)C1=CC(c2cc3ccccc3[cH-]2)C=C1.[CH3-].[Zr+2]=[SiH]c1ccccc1. The van der Waals surface area contributed by atoms with Gasteiger partial charge in [0.15, 0.2) is 0 Å². The molecule has 0 bridgehead atoms. The van der Waals surface area contributed by atoms with Crippen molar-refractivity contribution in [3.63, 3.8) is 0 Å². The third kappa shape index (κ3) is 5.80. The zero-order valence-electron chi connectivity index (χ0n) is 16.7. The molecule has 1 aliphatic carbocycles. The maximum atomic E-state index is 2.40. The van der Waals surface area contributed by atoms with Gasteiger partial charge in [-0.2, -0.15) is 6.07 Å². The van der Waals surface area contributed by atoms with E-state index in [-0.39, 0.29) is 12.8 Å². The van der Waals surface area contributed by atoms with Crippen LogP contribution in [0.5, 0.6) is 0 Å². The maximum absolute atomic E-state index is 2.40. The number of rotatable bonds is 2. The average molecular weight is 448 g/mol. The Kier molecular flexibility index (Phi) is 7.89. The van der Waals surface area contributed by atoms with Crippen molar-refractivity contribution in [2.45, 2.75) is 26.7 Å². The van der Waals surface area contributed by atoms with Crippen LogP contribution in [0, 0.1) is 12.8 Å². The van der Waals surface area contributed by atoms with E-state index in [0.29, 0.717) is 12.1 Å². The van der Waals surface area contributed by atoms with Gasteiger partial charge in [0.1, 0.15) is 0 Å².